The number of esters is 1. The first-order valence-electron chi connectivity index (χ1n) is 8.39. The van der Waals surface area contributed by atoms with E-state index in [1.807, 2.05) is 54.6 Å². The summed E-state index contributed by atoms with van der Waals surface area (Å²) in [6, 6.07) is 16.8. The fourth-order valence-corrected chi connectivity index (χ4v) is 2.70. The van der Waals surface area contributed by atoms with Gasteiger partial charge in [-0.15, -0.1) is 0 Å². The van der Waals surface area contributed by atoms with Gasteiger partial charge >= 0.3 is 5.97 Å². The Balaban J connectivity index is 1.81. The summed E-state index contributed by atoms with van der Waals surface area (Å²) in [6.45, 7) is 3.60. The maximum atomic E-state index is 12.5. The van der Waals surface area contributed by atoms with Crippen LogP contribution in [0.1, 0.15) is 19.4 Å². The Morgan fingerprint density at radius 2 is 1.85 bits per heavy atom. The molecule has 0 radical (unpaired) electrons. The molecule has 1 heterocycles. The minimum absolute atomic E-state index is 0.230. The van der Waals surface area contributed by atoms with Crippen LogP contribution in [0.3, 0.4) is 0 Å². The molecule has 0 amide bonds. The lowest BCUT2D eigenvalue weighted by atomic mass is 10.0. The molecule has 5 nitrogen and oxygen atoms in total. The van der Waals surface area contributed by atoms with Gasteiger partial charge in [0.2, 0.25) is 5.78 Å². The number of ketones is 1. The van der Waals surface area contributed by atoms with Crippen LogP contribution in [0.5, 0.6) is 11.5 Å². The molecule has 2 aromatic rings. The number of ether oxygens (including phenoxy) is 2. The lowest BCUT2D eigenvalue weighted by Crippen LogP contribution is -2.28. The third kappa shape index (κ3) is 3.88. The van der Waals surface area contributed by atoms with E-state index in [1.54, 1.807) is 19.9 Å². The standard InChI is InChI=1S/C21H19NO4/c1-3-25-21(24)19-14(2)22-18(20(19)23)13-15-8-7-11-17(12-15)26-16-9-5-4-6-10-16/h4-13,19H,3H2,1-2H3/b18-13+. The number of hydrogen-bond donors (Lipinski definition) is 0. The summed E-state index contributed by atoms with van der Waals surface area (Å²) in [5.41, 5.74) is 1.47. The monoisotopic (exact) mass is 349 g/mol. The van der Waals surface area contributed by atoms with E-state index in [9.17, 15) is 9.59 Å². The van der Waals surface area contributed by atoms with Crippen molar-refractivity contribution in [2.45, 2.75) is 13.8 Å². The van der Waals surface area contributed by atoms with E-state index in [-0.39, 0.29) is 18.1 Å². The van der Waals surface area contributed by atoms with Crippen LogP contribution in [0.4, 0.5) is 0 Å². The second-order valence-corrected chi connectivity index (χ2v) is 5.82. The quantitative estimate of drug-likeness (QED) is 0.464. The zero-order valence-electron chi connectivity index (χ0n) is 14.6. The molecule has 26 heavy (non-hydrogen) atoms. The van der Waals surface area contributed by atoms with Crippen molar-refractivity contribution in [1.29, 1.82) is 0 Å². The van der Waals surface area contributed by atoms with Gasteiger partial charge in [0.1, 0.15) is 17.2 Å². The summed E-state index contributed by atoms with van der Waals surface area (Å²) in [6.07, 6.45) is 1.66. The Morgan fingerprint density at radius 1 is 1.12 bits per heavy atom. The van der Waals surface area contributed by atoms with E-state index >= 15 is 0 Å². The second kappa shape index (κ2) is 7.78. The lowest BCUT2D eigenvalue weighted by Gasteiger charge is -2.07. The highest BCUT2D eigenvalue weighted by Crippen LogP contribution is 2.26. The van der Waals surface area contributed by atoms with E-state index in [4.69, 9.17) is 9.47 Å². The van der Waals surface area contributed by atoms with Crippen LogP contribution >= 0.6 is 0 Å². The molecule has 0 fully saturated rings. The second-order valence-electron chi connectivity index (χ2n) is 5.82. The number of rotatable bonds is 5. The van der Waals surface area contributed by atoms with E-state index in [0.717, 1.165) is 11.3 Å². The molecule has 0 N–H and O–H groups in total. The van der Waals surface area contributed by atoms with Gasteiger partial charge in [0, 0.05) is 5.71 Å². The van der Waals surface area contributed by atoms with E-state index in [2.05, 4.69) is 4.99 Å². The first kappa shape index (κ1) is 17.6. The van der Waals surface area contributed by atoms with Gasteiger partial charge in [0.05, 0.1) is 6.61 Å². The lowest BCUT2D eigenvalue weighted by molar-refractivity contribution is -0.147. The average Bonchev–Trinajstić information content (AvgIpc) is 2.90. The molecular weight excluding hydrogens is 330 g/mol. The van der Waals surface area contributed by atoms with Crippen LogP contribution < -0.4 is 4.74 Å². The van der Waals surface area contributed by atoms with Gasteiger partial charge in [0.25, 0.3) is 0 Å². The highest BCUT2D eigenvalue weighted by molar-refractivity contribution is 6.28. The number of benzene rings is 2. The zero-order valence-corrected chi connectivity index (χ0v) is 14.6. The highest BCUT2D eigenvalue weighted by Gasteiger charge is 2.37. The van der Waals surface area contributed by atoms with Crippen LogP contribution in [0.25, 0.3) is 6.08 Å². The molecule has 2 aromatic carbocycles. The minimum atomic E-state index is -0.940. The van der Waals surface area contributed by atoms with Crippen molar-refractivity contribution in [1.82, 2.24) is 0 Å². The molecule has 132 valence electrons. The Kier molecular flexibility index (Phi) is 5.27. The molecule has 1 unspecified atom stereocenters. The Labute approximate surface area is 152 Å². The van der Waals surface area contributed by atoms with Gasteiger partial charge in [-0.05, 0) is 49.8 Å². The molecule has 1 aliphatic rings. The smallest absolute Gasteiger partial charge is 0.322 e. The fraction of sp³-hybridized carbons (Fsp3) is 0.190. The van der Waals surface area contributed by atoms with Crippen LogP contribution in [-0.2, 0) is 14.3 Å². The zero-order chi connectivity index (χ0) is 18.5. The Hall–Kier alpha value is -3.21. The van der Waals surface area contributed by atoms with Crippen LogP contribution in [0.2, 0.25) is 0 Å². The summed E-state index contributed by atoms with van der Waals surface area (Å²) >= 11 is 0. The number of Topliss-reactive ketones (excluding diaryl/α,β-unsaturated/α-hetero) is 1. The van der Waals surface area contributed by atoms with Crippen molar-refractivity contribution in [3.05, 3.63) is 65.9 Å². The molecule has 0 aliphatic carbocycles. The summed E-state index contributed by atoms with van der Waals surface area (Å²) in [5, 5.41) is 0. The molecule has 0 aromatic heterocycles. The van der Waals surface area contributed by atoms with Crippen LogP contribution in [0.15, 0.2) is 65.3 Å². The van der Waals surface area contributed by atoms with Gasteiger partial charge < -0.3 is 9.47 Å². The summed E-state index contributed by atoms with van der Waals surface area (Å²) in [5.74, 6) is -0.451. The van der Waals surface area contributed by atoms with Gasteiger partial charge in [0.15, 0.2) is 5.92 Å². The first-order valence-corrected chi connectivity index (χ1v) is 8.39. The fourth-order valence-electron chi connectivity index (χ4n) is 2.70. The third-order valence-electron chi connectivity index (χ3n) is 3.89. The van der Waals surface area contributed by atoms with E-state index in [0.29, 0.717) is 11.5 Å². The highest BCUT2D eigenvalue weighted by atomic mass is 16.5. The minimum Gasteiger partial charge on any atom is -0.465 e. The molecule has 3 rings (SSSR count). The molecule has 5 heteroatoms. The van der Waals surface area contributed by atoms with E-state index < -0.39 is 11.9 Å². The molecular formula is C21H19NO4. The topological polar surface area (TPSA) is 65.0 Å². The average molecular weight is 349 g/mol. The SMILES string of the molecule is CCOC(=O)C1C(=O)/C(=C\c2cccc(Oc3ccccc3)c2)N=C1C. The van der Waals surface area contributed by atoms with Gasteiger partial charge in [-0.25, -0.2) is 0 Å². The summed E-state index contributed by atoms with van der Waals surface area (Å²) < 4.78 is 10.8. The summed E-state index contributed by atoms with van der Waals surface area (Å²) in [4.78, 5) is 28.7. The summed E-state index contributed by atoms with van der Waals surface area (Å²) in [7, 11) is 0. The van der Waals surface area contributed by atoms with Crippen molar-refractivity contribution in [2.75, 3.05) is 6.61 Å². The maximum Gasteiger partial charge on any atom is 0.322 e. The predicted octanol–water partition coefficient (Wildman–Crippen LogP) is 4.04. The third-order valence-corrected chi connectivity index (χ3v) is 3.89. The van der Waals surface area contributed by atoms with Crippen molar-refractivity contribution < 1.29 is 19.1 Å². The van der Waals surface area contributed by atoms with Gasteiger partial charge in [-0.2, -0.15) is 0 Å². The Bertz CT molecular complexity index is 884. The number of nitrogens with zero attached hydrogens (tertiary/aromatic N) is 1. The maximum absolute atomic E-state index is 12.5. The van der Waals surface area contributed by atoms with Crippen molar-refractivity contribution in [3.63, 3.8) is 0 Å². The molecule has 1 atom stereocenters. The van der Waals surface area contributed by atoms with Crippen LogP contribution in [-0.4, -0.2) is 24.1 Å². The molecule has 0 saturated carbocycles. The first-order chi connectivity index (χ1) is 12.6. The number of allylic oxidation sites excluding steroid dienone is 1. The van der Waals surface area contributed by atoms with Crippen molar-refractivity contribution in [3.8, 4) is 11.5 Å². The largest absolute Gasteiger partial charge is 0.465 e. The van der Waals surface area contributed by atoms with Crippen LogP contribution in [0, 0.1) is 5.92 Å². The normalized spacial score (nSPS) is 17.9. The predicted molar refractivity (Wildman–Crippen MR) is 99.2 cm³/mol. The number of aliphatic imine (C=N–C) groups is 1. The number of carbonyl (C=O) groups excluding carboxylic acids is 2. The van der Waals surface area contributed by atoms with Crippen molar-refractivity contribution >= 4 is 23.5 Å². The Morgan fingerprint density at radius 3 is 2.58 bits per heavy atom. The number of hydrogen-bond acceptors (Lipinski definition) is 5. The molecule has 0 bridgehead atoms. The van der Waals surface area contributed by atoms with Gasteiger partial charge in [-0.3, -0.25) is 14.6 Å². The number of para-hydroxylation sites is 1. The van der Waals surface area contributed by atoms with Crippen molar-refractivity contribution in [2.24, 2.45) is 10.9 Å². The van der Waals surface area contributed by atoms with E-state index in [1.165, 1.54) is 0 Å². The molecule has 0 saturated heterocycles. The van der Waals surface area contributed by atoms with Gasteiger partial charge in [-0.1, -0.05) is 30.3 Å². The number of carbonyl (C=O) groups is 2. The molecule has 0 spiro atoms. The molecule has 1 aliphatic heterocycles.